The number of anilines is 1. The molecule has 0 aliphatic rings. The van der Waals surface area contributed by atoms with Crippen molar-refractivity contribution in [1.29, 1.82) is 0 Å². The molecule has 0 saturated heterocycles. The summed E-state index contributed by atoms with van der Waals surface area (Å²) in [5.74, 6) is -2.05. The lowest BCUT2D eigenvalue weighted by atomic mass is 10.3. The average Bonchev–Trinajstić information content (AvgIpc) is 2.83. The van der Waals surface area contributed by atoms with Crippen LogP contribution in [0.4, 0.5) is 14.5 Å². The summed E-state index contributed by atoms with van der Waals surface area (Å²) in [5.41, 5.74) is -0.505. The predicted molar refractivity (Wildman–Crippen MR) is 64.7 cm³/mol. The molecule has 0 atom stereocenters. The number of hydrogen-bond acceptors (Lipinski definition) is 3. The van der Waals surface area contributed by atoms with E-state index in [-0.39, 0.29) is 5.82 Å². The van der Waals surface area contributed by atoms with E-state index in [9.17, 15) is 13.6 Å². The van der Waals surface area contributed by atoms with Crippen LogP contribution >= 0.6 is 0 Å². The number of nitrogens with one attached hydrogen (secondary N) is 2. The van der Waals surface area contributed by atoms with Gasteiger partial charge in [0, 0.05) is 6.42 Å². The first-order valence-electron chi connectivity index (χ1n) is 5.78. The molecule has 2 N–H and O–H groups in total. The van der Waals surface area contributed by atoms with E-state index in [1.54, 1.807) is 0 Å². The first-order valence-corrected chi connectivity index (χ1v) is 5.78. The lowest BCUT2D eigenvalue weighted by molar-refractivity contribution is 0.101. The highest BCUT2D eigenvalue weighted by molar-refractivity contribution is 6.01. The van der Waals surface area contributed by atoms with Gasteiger partial charge in [0.25, 0.3) is 5.91 Å². The zero-order valence-corrected chi connectivity index (χ0v) is 10.2. The largest absolute Gasteiger partial charge is 0.314 e. The van der Waals surface area contributed by atoms with Crippen LogP contribution in [0.25, 0.3) is 0 Å². The Morgan fingerprint density at radius 3 is 2.68 bits per heavy atom. The third-order valence-corrected chi connectivity index (χ3v) is 2.42. The Labute approximate surface area is 108 Å². The van der Waals surface area contributed by atoms with E-state index in [1.807, 2.05) is 6.92 Å². The molecule has 2 aromatic rings. The van der Waals surface area contributed by atoms with Crippen molar-refractivity contribution in [2.75, 3.05) is 5.32 Å². The Balaban J connectivity index is 2.16. The maximum atomic E-state index is 13.3. The van der Waals surface area contributed by atoms with Gasteiger partial charge < -0.3 is 5.32 Å². The third kappa shape index (κ3) is 2.93. The lowest BCUT2D eigenvalue weighted by Crippen LogP contribution is -2.16. The number of H-pyrrole nitrogens is 1. The molecule has 0 bridgehead atoms. The fourth-order valence-corrected chi connectivity index (χ4v) is 1.53. The molecule has 0 spiro atoms. The zero-order chi connectivity index (χ0) is 13.8. The van der Waals surface area contributed by atoms with E-state index in [0.29, 0.717) is 12.2 Å². The highest BCUT2D eigenvalue weighted by Gasteiger charge is 2.16. The number of nitrogens with zero attached hydrogens (tertiary/aromatic N) is 2. The number of aryl methyl sites for hydroxylation is 1. The molecule has 2 rings (SSSR count). The zero-order valence-electron chi connectivity index (χ0n) is 10.2. The minimum Gasteiger partial charge on any atom is -0.314 e. The maximum Gasteiger partial charge on any atom is 0.295 e. The quantitative estimate of drug-likeness (QED) is 0.891. The van der Waals surface area contributed by atoms with Gasteiger partial charge in [-0.05, 0) is 18.6 Å². The molecule has 0 unspecified atom stereocenters. The summed E-state index contributed by atoms with van der Waals surface area (Å²) < 4.78 is 26.7. The van der Waals surface area contributed by atoms with Gasteiger partial charge in [-0.25, -0.2) is 13.8 Å². The minimum atomic E-state index is -0.849. The summed E-state index contributed by atoms with van der Waals surface area (Å²) in [6, 6.07) is 3.32. The Hall–Kier alpha value is -2.31. The molecule has 0 radical (unpaired) electrons. The minimum absolute atomic E-state index is 0.147. The van der Waals surface area contributed by atoms with Crippen LogP contribution in [0.5, 0.6) is 0 Å². The molecule has 7 heteroatoms. The van der Waals surface area contributed by atoms with Crippen molar-refractivity contribution in [1.82, 2.24) is 15.2 Å². The molecule has 100 valence electrons. The number of hydrogen-bond donors (Lipinski definition) is 2. The first kappa shape index (κ1) is 13.1. The fourth-order valence-electron chi connectivity index (χ4n) is 1.53. The second kappa shape index (κ2) is 5.55. The van der Waals surface area contributed by atoms with Crippen molar-refractivity contribution < 1.29 is 13.6 Å². The van der Waals surface area contributed by atoms with Gasteiger partial charge in [0.05, 0.1) is 0 Å². The van der Waals surface area contributed by atoms with Crippen molar-refractivity contribution in [3.8, 4) is 0 Å². The maximum absolute atomic E-state index is 13.3. The van der Waals surface area contributed by atoms with Crippen LogP contribution in [0.15, 0.2) is 18.2 Å². The van der Waals surface area contributed by atoms with Crippen LogP contribution < -0.4 is 5.32 Å². The van der Waals surface area contributed by atoms with Crippen molar-refractivity contribution in [2.24, 2.45) is 0 Å². The number of amides is 1. The number of halogens is 2. The Kier molecular flexibility index (Phi) is 3.84. The van der Waals surface area contributed by atoms with Crippen molar-refractivity contribution >= 4 is 11.6 Å². The summed E-state index contributed by atoms with van der Waals surface area (Å²) in [7, 11) is 0. The summed E-state index contributed by atoms with van der Waals surface area (Å²) in [6.07, 6.45) is 1.49. The highest BCUT2D eigenvalue weighted by atomic mass is 19.1. The fraction of sp³-hybridized carbons (Fsp3) is 0.250. The Morgan fingerprint density at radius 1 is 1.37 bits per heavy atom. The number of benzene rings is 1. The second-order valence-electron chi connectivity index (χ2n) is 3.91. The molecular formula is C12H12F2N4O. The molecule has 0 aliphatic heterocycles. The molecular weight excluding hydrogens is 254 g/mol. The SMILES string of the molecule is CCCc1nc(C(=O)Nc2c(F)cccc2F)n[nH]1. The van der Waals surface area contributed by atoms with Crippen LogP contribution in [0.1, 0.15) is 29.8 Å². The van der Waals surface area contributed by atoms with Crippen LogP contribution in [0.3, 0.4) is 0 Å². The van der Waals surface area contributed by atoms with Gasteiger partial charge in [0.1, 0.15) is 23.1 Å². The summed E-state index contributed by atoms with van der Waals surface area (Å²) >= 11 is 0. The van der Waals surface area contributed by atoms with Crippen molar-refractivity contribution in [2.45, 2.75) is 19.8 Å². The van der Waals surface area contributed by atoms with Gasteiger partial charge in [-0.3, -0.25) is 9.89 Å². The van der Waals surface area contributed by atoms with Gasteiger partial charge in [-0.1, -0.05) is 13.0 Å². The predicted octanol–water partition coefficient (Wildman–Crippen LogP) is 2.29. The van der Waals surface area contributed by atoms with Gasteiger partial charge in [0.15, 0.2) is 0 Å². The smallest absolute Gasteiger partial charge is 0.295 e. The average molecular weight is 266 g/mol. The van der Waals surface area contributed by atoms with E-state index >= 15 is 0 Å². The molecule has 0 aliphatic carbocycles. The van der Waals surface area contributed by atoms with Gasteiger partial charge >= 0.3 is 0 Å². The topological polar surface area (TPSA) is 70.7 Å². The van der Waals surface area contributed by atoms with E-state index in [1.165, 1.54) is 6.07 Å². The summed E-state index contributed by atoms with van der Waals surface area (Å²) in [5, 5.41) is 8.41. The lowest BCUT2D eigenvalue weighted by Gasteiger charge is -2.04. The van der Waals surface area contributed by atoms with Crippen LogP contribution in [0.2, 0.25) is 0 Å². The number of para-hydroxylation sites is 1. The number of carbonyl (C=O) groups excluding carboxylic acids is 1. The molecule has 1 amide bonds. The standard InChI is InChI=1S/C12H12F2N4O/c1-2-4-9-15-11(18-17-9)12(19)16-10-7(13)5-3-6-8(10)14/h3,5-6H,2,4H2,1H3,(H,16,19)(H,15,17,18). The third-order valence-electron chi connectivity index (χ3n) is 2.42. The number of aromatic nitrogens is 3. The summed E-state index contributed by atoms with van der Waals surface area (Å²) in [6.45, 7) is 1.96. The monoisotopic (exact) mass is 266 g/mol. The van der Waals surface area contributed by atoms with Gasteiger partial charge in [0.2, 0.25) is 5.82 Å². The van der Waals surface area contributed by atoms with Crippen molar-refractivity contribution in [3.05, 3.63) is 41.5 Å². The second-order valence-corrected chi connectivity index (χ2v) is 3.91. The molecule has 0 fully saturated rings. The van der Waals surface area contributed by atoms with Gasteiger partial charge in [-0.2, -0.15) is 0 Å². The number of aromatic amines is 1. The van der Waals surface area contributed by atoms with E-state index in [2.05, 4.69) is 20.5 Å². The number of rotatable bonds is 4. The molecule has 0 saturated carbocycles. The van der Waals surface area contributed by atoms with Crippen molar-refractivity contribution in [3.63, 3.8) is 0 Å². The molecule has 1 aromatic carbocycles. The van der Waals surface area contributed by atoms with Crippen LogP contribution in [0, 0.1) is 11.6 Å². The van der Waals surface area contributed by atoms with Crippen LogP contribution in [-0.4, -0.2) is 21.1 Å². The highest BCUT2D eigenvalue weighted by Crippen LogP contribution is 2.18. The Bertz CT molecular complexity index is 577. The van der Waals surface area contributed by atoms with E-state index < -0.39 is 23.2 Å². The van der Waals surface area contributed by atoms with Gasteiger partial charge in [-0.15, -0.1) is 5.10 Å². The first-order chi connectivity index (χ1) is 9.11. The molecule has 5 nitrogen and oxygen atoms in total. The van der Waals surface area contributed by atoms with Crippen LogP contribution in [-0.2, 0) is 6.42 Å². The normalized spacial score (nSPS) is 10.5. The molecule has 1 heterocycles. The number of carbonyl (C=O) groups is 1. The van der Waals surface area contributed by atoms with E-state index in [0.717, 1.165) is 18.6 Å². The van der Waals surface area contributed by atoms with E-state index in [4.69, 9.17) is 0 Å². The summed E-state index contributed by atoms with van der Waals surface area (Å²) in [4.78, 5) is 15.7. The Morgan fingerprint density at radius 2 is 2.05 bits per heavy atom. The molecule has 1 aromatic heterocycles. The molecule has 19 heavy (non-hydrogen) atoms.